The Morgan fingerprint density at radius 1 is 1.35 bits per heavy atom. The second kappa shape index (κ2) is 5.51. The van der Waals surface area contributed by atoms with Crippen molar-refractivity contribution in [2.45, 2.75) is 31.8 Å². The van der Waals surface area contributed by atoms with Gasteiger partial charge in [-0.15, -0.1) is 0 Å². The summed E-state index contributed by atoms with van der Waals surface area (Å²) in [7, 11) is 2.20. The average Bonchev–Trinajstić information content (AvgIpc) is 2.68. The maximum Gasteiger partial charge on any atom is 0.0280 e. The van der Waals surface area contributed by atoms with Crippen LogP contribution in [0.15, 0.2) is 28.7 Å². The highest BCUT2D eigenvalue weighted by Crippen LogP contribution is 2.20. The fourth-order valence-electron chi connectivity index (χ4n) is 2.65. The van der Waals surface area contributed by atoms with Crippen LogP contribution in [-0.4, -0.2) is 30.6 Å². The zero-order valence-corrected chi connectivity index (χ0v) is 12.3. The normalized spacial score (nSPS) is 24.5. The van der Waals surface area contributed by atoms with Crippen molar-refractivity contribution >= 4 is 15.9 Å². The van der Waals surface area contributed by atoms with Gasteiger partial charge in [0.1, 0.15) is 0 Å². The molecule has 0 amide bonds. The van der Waals surface area contributed by atoms with E-state index in [1.807, 2.05) is 0 Å². The molecule has 1 aromatic carbocycles. The molecule has 0 bridgehead atoms. The predicted molar refractivity (Wildman–Crippen MR) is 76.1 cm³/mol. The molecular weight excluding hydrogens is 276 g/mol. The molecule has 1 atom stereocenters. The summed E-state index contributed by atoms with van der Waals surface area (Å²) in [4.78, 5) is 2.40. The maximum atomic E-state index is 3.61. The van der Waals surface area contributed by atoms with Crippen LogP contribution in [0, 0.1) is 0 Å². The number of nitrogens with zero attached hydrogens (tertiary/aromatic N) is 1. The third-order valence-electron chi connectivity index (χ3n) is 3.44. The molecule has 0 aliphatic carbocycles. The first-order valence-corrected chi connectivity index (χ1v) is 7.05. The van der Waals surface area contributed by atoms with E-state index >= 15 is 0 Å². The number of hydrogen-bond donors (Lipinski definition) is 1. The zero-order valence-electron chi connectivity index (χ0n) is 10.7. The van der Waals surface area contributed by atoms with Crippen LogP contribution in [0.1, 0.15) is 25.3 Å². The van der Waals surface area contributed by atoms with Crippen molar-refractivity contribution in [1.82, 2.24) is 10.2 Å². The molecule has 17 heavy (non-hydrogen) atoms. The van der Waals surface area contributed by atoms with Gasteiger partial charge in [0.15, 0.2) is 0 Å². The van der Waals surface area contributed by atoms with Gasteiger partial charge in [0, 0.05) is 23.1 Å². The van der Waals surface area contributed by atoms with Crippen LogP contribution in [0.5, 0.6) is 0 Å². The minimum absolute atomic E-state index is 0.310. The van der Waals surface area contributed by atoms with E-state index in [9.17, 15) is 0 Å². The van der Waals surface area contributed by atoms with Crippen LogP contribution >= 0.6 is 15.9 Å². The summed E-state index contributed by atoms with van der Waals surface area (Å²) in [6, 6.07) is 8.59. The molecule has 1 heterocycles. The van der Waals surface area contributed by atoms with Crippen LogP contribution in [0.2, 0.25) is 0 Å². The third-order valence-corrected chi connectivity index (χ3v) is 3.97. The molecule has 1 N–H and O–H groups in total. The quantitative estimate of drug-likeness (QED) is 0.919. The largest absolute Gasteiger partial charge is 0.310 e. The zero-order chi connectivity index (χ0) is 12.3. The summed E-state index contributed by atoms with van der Waals surface area (Å²) in [6.07, 6.45) is 2.60. The Hall–Kier alpha value is -0.380. The minimum Gasteiger partial charge on any atom is -0.310 e. The molecule has 1 unspecified atom stereocenters. The summed E-state index contributed by atoms with van der Waals surface area (Å²) < 4.78 is 1.15. The minimum atomic E-state index is 0.310. The molecule has 1 fully saturated rings. The highest BCUT2D eigenvalue weighted by molar-refractivity contribution is 9.10. The highest BCUT2D eigenvalue weighted by atomic mass is 79.9. The smallest absolute Gasteiger partial charge is 0.0280 e. The van der Waals surface area contributed by atoms with Gasteiger partial charge >= 0.3 is 0 Å². The first kappa shape index (κ1) is 13.1. The van der Waals surface area contributed by atoms with Crippen LogP contribution in [0.3, 0.4) is 0 Å². The third kappa shape index (κ3) is 3.80. The highest BCUT2D eigenvalue weighted by Gasteiger charge is 2.28. The molecule has 1 aliphatic rings. The van der Waals surface area contributed by atoms with Gasteiger partial charge < -0.3 is 10.2 Å². The van der Waals surface area contributed by atoms with E-state index in [2.05, 4.69) is 64.4 Å². The van der Waals surface area contributed by atoms with Crippen LogP contribution < -0.4 is 5.32 Å². The molecule has 0 radical (unpaired) electrons. The van der Waals surface area contributed by atoms with Gasteiger partial charge in [0.25, 0.3) is 0 Å². The van der Waals surface area contributed by atoms with E-state index in [1.54, 1.807) is 0 Å². The van der Waals surface area contributed by atoms with Crippen molar-refractivity contribution in [3.05, 3.63) is 34.3 Å². The first-order chi connectivity index (χ1) is 8.07. The van der Waals surface area contributed by atoms with Crippen molar-refractivity contribution in [3.8, 4) is 0 Å². The average molecular weight is 297 g/mol. The SMILES string of the molecule is CN(Cc1ccc(Br)cc1)CC1(C)CCCN1. The number of likely N-dealkylation sites (N-methyl/N-ethyl adjacent to an activating group) is 1. The van der Waals surface area contributed by atoms with Crippen molar-refractivity contribution in [2.75, 3.05) is 20.1 Å². The molecule has 1 aliphatic heterocycles. The van der Waals surface area contributed by atoms with Gasteiger partial charge in [-0.1, -0.05) is 28.1 Å². The lowest BCUT2D eigenvalue weighted by molar-refractivity contribution is 0.234. The predicted octanol–water partition coefficient (Wildman–Crippen LogP) is 3.02. The molecule has 1 aromatic rings. The lowest BCUT2D eigenvalue weighted by atomic mass is 9.99. The molecule has 2 nitrogen and oxygen atoms in total. The molecule has 0 saturated carbocycles. The Morgan fingerprint density at radius 2 is 2.06 bits per heavy atom. The van der Waals surface area contributed by atoms with Gasteiger partial charge in [-0.05, 0) is 51.1 Å². The van der Waals surface area contributed by atoms with E-state index < -0.39 is 0 Å². The Balaban J connectivity index is 1.88. The van der Waals surface area contributed by atoms with Crippen LogP contribution in [0.4, 0.5) is 0 Å². The second-order valence-corrected chi connectivity index (χ2v) is 6.31. The van der Waals surface area contributed by atoms with E-state index in [0.29, 0.717) is 5.54 Å². The summed E-state index contributed by atoms with van der Waals surface area (Å²) in [6.45, 7) is 5.63. The maximum absolute atomic E-state index is 3.61. The van der Waals surface area contributed by atoms with Crippen molar-refractivity contribution < 1.29 is 0 Å². The van der Waals surface area contributed by atoms with E-state index in [-0.39, 0.29) is 0 Å². The Bertz CT molecular complexity index is 355. The number of rotatable bonds is 4. The van der Waals surface area contributed by atoms with Gasteiger partial charge in [0.2, 0.25) is 0 Å². The molecule has 0 spiro atoms. The van der Waals surface area contributed by atoms with Crippen LogP contribution in [-0.2, 0) is 6.54 Å². The van der Waals surface area contributed by atoms with Crippen molar-refractivity contribution in [3.63, 3.8) is 0 Å². The molecule has 3 heteroatoms. The fraction of sp³-hybridized carbons (Fsp3) is 0.571. The summed E-state index contributed by atoms with van der Waals surface area (Å²) in [5.74, 6) is 0. The standard InChI is InChI=1S/C14H21BrN2/c1-14(8-3-9-16-14)11-17(2)10-12-4-6-13(15)7-5-12/h4-7,16H,3,8-11H2,1-2H3. The number of nitrogens with one attached hydrogen (secondary N) is 1. The molecule has 1 saturated heterocycles. The molecule has 94 valence electrons. The lowest BCUT2D eigenvalue weighted by Crippen LogP contribution is -2.46. The number of halogens is 1. The molecule has 0 aromatic heterocycles. The van der Waals surface area contributed by atoms with Gasteiger partial charge in [-0.25, -0.2) is 0 Å². The summed E-state index contributed by atoms with van der Waals surface area (Å²) in [5, 5.41) is 3.61. The van der Waals surface area contributed by atoms with E-state index in [4.69, 9.17) is 0 Å². The topological polar surface area (TPSA) is 15.3 Å². The first-order valence-electron chi connectivity index (χ1n) is 6.25. The molecular formula is C14H21BrN2. The van der Waals surface area contributed by atoms with Crippen LogP contribution in [0.25, 0.3) is 0 Å². The van der Waals surface area contributed by atoms with E-state index in [0.717, 1.165) is 17.6 Å². The Labute approximate surface area is 113 Å². The Kier molecular flexibility index (Phi) is 4.23. The van der Waals surface area contributed by atoms with E-state index in [1.165, 1.54) is 24.9 Å². The van der Waals surface area contributed by atoms with Crippen molar-refractivity contribution in [2.24, 2.45) is 0 Å². The second-order valence-electron chi connectivity index (χ2n) is 5.39. The lowest BCUT2D eigenvalue weighted by Gasteiger charge is -2.30. The van der Waals surface area contributed by atoms with Gasteiger partial charge in [-0.3, -0.25) is 0 Å². The number of hydrogen-bond acceptors (Lipinski definition) is 2. The fourth-order valence-corrected chi connectivity index (χ4v) is 2.91. The Morgan fingerprint density at radius 3 is 2.65 bits per heavy atom. The summed E-state index contributed by atoms with van der Waals surface area (Å²) >= 11 is 3.47. The molecule has 2 rings (SSSR count). The van der Waals surface area contributed by atoms with Gasteiger partial charge in [-0.2, -0.15) is 0 Å². The summed E-state index contributed by atoms with van der Waals surface area (Å²) in [5.41, 5.74) is 1.68. The van der Waals surface area contributed by atoms with Crippen molar-refractivity contribution in [1.29, 1.82) is 0 Å². The number of benzene rings is 1. The monoisotopic (exact) mass is 296 g/mol. The van der Waals surface area contributed by atoms with Gasteiger partial charge in [0.05, 0.1) is 0 Å².